The van der Waals surface area contributed by atoms with Gasteiger partial charge < -0.3 is 10.2 Å². The Labute approximate surface area is 133 Å². The number of hydrogen-bond donors (Lipinski definition) is 1. The van der Waals surface area contributed by atoms with Gasteiger partial charge in [0.2, 0.25) is 5.91 Å². The third kappa shape index (κ3) is 5.07. The predicted molar refractivity (Wildman–Crippen MR) is 80.1 cm³/mol. The first-order valence-electron chi connectivity index (χ1n) is 7.72. The number of nitrogens with zero attached hydrogens (tertiary/aromatic N) is 3. The Kier molecular flexibility index (Phi) is 5.43. The van der Waals surface area contributed by atoms with Gasteiger partial charge in [-0.1, -0.05) is 6.92 Å². The molecule has 1 atom stereocenters. The van der Waals surface area contributed by atoms with Crippen molar-refractivity contribution in [2.75, 3.05) is 24.5 Å². The van der Waals surface area contributed by atoms with Crippen molar-refractivity contribution >= 4 is 11.7 Å². The molecule has 0 spiro atoms. The highest BCUT2D eigenvalue weighted by Crippen LogP contribution is 2.23. The van der Waals surface area contributed by atoms with Gasteiger partial charge in [-0.25, -0.2) is 9.97 Å². The molecule has 0 aliphatic carbocycles. The van der Waals surface area contributed by atoms with E-state index < -0.39 is 24.5 Å². The number of rotatable bonds is 4. The molecule has 0 aromatic carbocycles. The van der Waals surface area contributed by atoms with Crippen LogP contribution in [-0.4, -0.2) is 41.7 Å². The van der Waals surface area contributed by atoms with Crippen LogP contribution in [0.4, 0.5) is 19.0 Å². The summed E-state index contributed by atoms with van der Waals surface area (Å²) < 4.78 is 36.6. The fourth-order valence-electron chi connectivity index (χ4n) is 2.69. The molecule has 1 aromatic rings. The van der Waals surface area contributed by atoms with Gasteiger partial charge in [0, 0.05) is 24.8 Å². The molecule has 1 amide bonds. The quantitative estimate of drug-likeness (QED) is 0.920. The maximum atomic E-state index is 12.2. The van der Waals surface area contributed by atoms with Gasteiger partial charge in [0.15, 0.2) is 0 Å². The molecule has 0 bridgehead atoms. The molecule has 1 fully saturated rings. The molecule has 1 saturated heterocycles. The Balaban J connectivity index is 2.03. The van der Waals surface area contributed by atoms with Crippen molar-refractivity contribution in [2.45, 2.75) is 39.3 Å². The van der Waals surface area contributed by atoms with Crippen molar-refractivity contribution in [3.63, 3.8) is 0 Å². The molecular weight excluding hydrogens is 309 g/mol. The summed E-state index contributed by atoms with van der Waals surface area (Å²) in [5.41, 5.74) is 0.913. The van der Waals surface area contributed by atoms with Gasteiger partial charge in [-0.15, -0.1) is 0 Å². The first-order chi connectivity index (χ1) is 10.8. The number of anilines is 1. The number of aromatic nitrogens is 2. The third-order valence-corrected chi connectivity index (χ3v) is 3.82. The number of carbonyl (C=O) groups excluding carboxylic acids is 1. The lowest BCUT2D eigenvalue weighted by Crippen LogP contribution is -2.45. The minimum Gasteiger partial charge on any atom is -0.356 e. The standard InChI is InChI=1S/C15H21F3N4O/c1-3-12-7-13(21-10(2)20-12)22-6-4-5-11(8-22)14(23)19-9-15(16,17)18/h7,11H,3-6,8-9H2,1-2H3,(H,19,23). The zero-order chi connectivity index (χ0) is 17.0. The summed E-state index contributed by atoms with van der Waals surface area (Å²) in [6.45, 7) is 3.64. The molecule has 128 valence electrons. The molecule has 1 unspecified atom stereocenters. The minimum atomic E-state index is -4.39. The van der Waals surface area contributed by atoms with Crippen LogP contribution in [0.1, 0.15) is 31.3 Å². The van der Waals surface area contributed by atoms with E-state index in [0.29, 0.717) is 18.8 Å². The Bertz CT molecular complexity index is 562. The van der Waals surface area contributed by atoms with Gasteiger partial charge in [0.25, 0.3) is 0 Å². The van der Waals surface area contributed by atoms with E-state index in [1.165, 1.54) is 0 Å². The fourth-order valence-corrected chi connectivity index (χ4v) is 2.69. The average molecular weight is 330 g/mol. The van der Waals surface area contributed by atoms with Gasteiger partial charge >= 0.3 is 6.18 Å². The number of alkyl halides is 3. The number of piperidine rings is 1. The van der Waals surface area contributed by atoms with E-state index in [9.17, 15) is 18.0 Å². The van der Waals surface area contributed by atoms with Crippen molar-refractivity contribution in [1.82, 2.24) is 15.3 Å². The number of carbonyl (C=O) groups is 1. The van der Waals surface area contributed by atoms with Crippen LogP contribution in [0.2, 0.25) is 0 Å². The molecule has 23 heavy (non-hydrogen) atoms. The van der Waals surface area contributed by atoms with Crippen molar-refractivity contribution in [1.29, 1.82) is 0 Å². The Morgan fingerprint density at radius 2 is 2.17 bits per heavy atom. The number of halogens is 3. The third-order valence-electron chi connectivity index (χ3n) is 3.82. The number of aryl methyl sites for hydroxylation is 2. The molecule has 1 aliphatic heterocycles. The molecule has 0 radical (unpaired) electrons. The Morgan fingerprint density at radius 3 is 2.83 bits per heavy atom. The summed E-state index contributed by atoms with van der Waals surface area (Å²) in [5.74, 6) is 0.394. The van der Waals surface area contributed by atoms with Gasteiger partial charge in [0.1, 0.15) is 18.2 Å². The Morgan fingerprint density at radius 1 is 1.43 bits per heavy atom. The van der Waals surface area contributed by atoms with Crippen LogP contribution in [0.25, 0.3) is 0 Å². The summed E-state index contributed by atoms with van der Waals surface area (Å²) in [4.78, 5) is 22.6. The summed E-state index contributed by atoms with van der Waals surface area (Å²) in [7, 11) is 0. The van der Waals surface area contributed by atoms with E-state index in [0.717, 1.165) is 30.9 Å². The zero-order valence-electron chi connectivity index (χ0n) is 13.3. The van der Waals surface area contributed by atoms with Crippen LogP contribution in [0.5, 0.6) is 0 Å². The second-order valence-corrected chi connectivity index (χ2v) is 5.74. The second-order valence-electron chi connectivity index (χ2n) is 5.74. The van der Waals surface area contributed by atoms with Crippen molar-refractivity contribution in [2.24, 2.45) is 5.92 Å². The second kappa shape index (κ2) is 7.14. The highest BCUT2D eigenvalue weighted by atomic mass is 19.4. The molecule has 8 heteroatoms. The molecule has 1 N–H and O–H groups in total. The molecule has 2 rings (SSSR count). The van der Waals surface area contributed by atoms with Crippen LogP contribution in [0.3, 0.4) is 0 Å². The Hall–Kier alpha value is -1.86. The zero-order valence-corrected chi connectivity index (χ0v) is 13.3. The first kappa shape index (κ1) is 17.5. The van der Waals surface area contributed by atoms with E-state index in [1.807, 2.05) is 23.2 Å². The number of nitrogens with one attached hydrogen (secondary N) is 1. The van der Waals surface area contributed by atoms with Gasteiger partial charge in [-0.3, -0.25) is 4.79 Å². The summed E-state index contributed by atoms with van der Waals surface area (Å²) in [6.07, 6.45) is -2.27. The lowest BCUT2D eigenvalue weighted by molar-refractivity contribution is -0.140. The lowest BCUT2D eigenvalue weighted by atomic mass is 9.97. The SMILES string of the molecule is CCc1cc(N2CCCC(C(=O)NCC(F)(F)F)C2)nc(C)n1. The van der Waals surface area contributed by atoms with Crippen molar-refractivity contribution < 1.29 is 18.0 Å². The molecule has 0 saturated carbocycles. The average Bonchev–Trinajstić information content (AvgIpc) is 2.51. The minimum absolute atomic E-state index is 0.378. The topological polar surface area (TPSA) is 58.1 Å². The molecule has 5 nitrogen and oxygen atoms in total. The monoisotopic (exact) mass is 330 g/mol. The maximum absolute atomic E-state index is 12.2. The predicted octanol–water partition coefficient (Wildman–Crippen LogP) is 2.24. The molecular formula is C15H21F3N4O. The normalized spacial score (nSPS) is 18.8. The van der Waals surface area contributed by atoms with E-state index in [1.54, 1.807) is 6.92 Å². The van der Waals surface area contributed by atoms with Crippen molar-refractivity contribution in [3.05, 3.63) is 17.6 Å². The highest BCUT2D eigenvalue weighted by Gasteiger charge is 2.31. The maximum Gasteiger partial charge on any atom is 0.405 e. The molecule has 1 aliphatic rings. The van der Waals surface area contributed by atoms with E-state index in [2.05, 4.69) is 9.97 Å². The number of hydrogen-bond acceptors (Lipinski definition) is 4. The van der Waals surface area contributed by atoms with Gasteiger partial charge in [-0.2, -0.15) is 13.2 Å². The lowest BCUT2D eigenvalue weighted by Gasteiger charge is -2.33. The number of amides is 1. The van der Waals surface area contributed by atoms with Crippen LogP contribution in [0, 0.1) is 12.8 Å². The molecule has 2 heterocycles. The smallest absolute Gasteiger partial charge is 0.356 e. The van der Waals surface area contributed by atoms with Crippen LogP contribution >= 0.6 is 0 Å². The van der Waals surface area contributed by atoms with Crippen molar-refractivity contribution in [3.8, 4) is 0 Å². The van der Waals surface area contributed by atoms with E-state index in [-0.39, 0.29) is 0 Å². The van der Waals surface area contributed by atoms with Gasteiger partial charge in [0.05, 0.1) is 5.92 Å². The summed E-state index contributed by atoms with van der Waals surface area (Å²) in [5, 5.41) is 1.97. The summed E-state index contributed by atoms with van der Waals surface area (Å²) >= 11 is 0. The molecule has 1 aromatic heterocycles. The van der Waals surface area contributed by atoms with Crippen LogP contribution in [-0.2, 0) is 11.2 Å². The van der Waals surface area contributed by atoms with Gasteiger partial charge in [-0.05, 0) is 26.2 Å². The summed E-state index contributed by atoms with van der Waals surface area (Å²) in [6, 6.07) is 1.88. The first-order valence-corrected chi connectivity index (χ1v) is 7.72. The largest absolute Gasteiger partial charge is 0.405 e. The van der Waals surface area contributed by atoms with E-state index >= 15 is 0 Å². The highest BCUT2D eigenvalue weighted by molar-refractivity contribution is 5.79. The van der Waals surface area contributed by atoms with E-state index in [4.69, 9.17) is 0 Å². The van der Waals surface area contributed by atoms with Crippen LogP contribution < -0.4 is 10.2 Å². The fraction of sp³-hybridized carbons (Fsp3) is 0.667. The van der Waals surface area contributed by atoms with Crippen LogP contribution in [0.15, 0.2) is 6.07 Å².